The van der Waals surface area contributed by atoms with Gasteiger partial charge in [0.1, 0.15) is 15.6 Å². The zero-order valence-corrected chi connectivity index (χ0v) is 15.0. The Hall–Kier alpha value is -1.93. The summed E-state index contributed by atoms with van der Waals surface area (Å²) in [5.74, 6) is 0.651. The highest BCUT2D eigenvalue weighted by Gasteiger charge is 2.30. The molecule has 0 bridgehead atoms. The first kappa shape index (κ1) is 16.9. The highest BCUT2D eigenvalue weighted by molar-refractivity contribution is 7.91. The minimum atomic E-state index is -3.02. The van der Waals surface area contributed by atoms with Crippen LogP contribution in [0.1, 0.15) is 21.8 Å². The van der Waals surface area contributed by atoms with Gasteiger partial charge < -0.3 is 10.1 Å². The van der Waals surface area contributed by atoms with E-state index in [0.717, 1.165) is 16.3 Å². The van der Waals surface area contributed by atoms with Crippen LogP contribution < -0.4 is 10.1 Å². The lowest BCUT2D eigenvalue weighted by molar-refractivity contribution is 0.0944. The highest BCUT2D eigenvalue weighted by atomic mass is 32.2. The number of sulfone groups is 1. The molecule has 1 amide bonds. The third-order valence-corrected chi connectivity index (χ3v) is 6.88. The molecule has 24 heavy (non-hydrogen) atoms. The molecule has 6 nitrogen and oxygen atoms in total. The smallest absolute Gasteiger partial charge is 0.263 e. The number of ether oxygens (including phenoxy) is 1. The molecule has 1 fully saturated rings. The number of hydrogen-bond donors (Lipinski definition) is 1. The van der Waals surface area contributed by atoms with Crippen LogP contribution in [0.25, 0.3) is 10.6 Å². The molecule has 1 aliphatic rings. The Balaban J connectivity index is 1.77. The Morgan fingerprint density at radius 3 is 2.62 bits per heavy atom. The van der Waals surface area contributed by atoms with E-state index >= 15 is 0 Å². The Morgan fingerprint density at radius 1 is 1.33 bits per heavy atom. The molecule has 1 aromatic heterocycles. The molecule has 3 rings (SSSR count). The van der Waals surface area contributed by atoms with Crippen LogP contribution in [0.2, 0.25) is 0 Å². The van der Waals surface area contributed by atoms with E-state index in [1.807, 2.05) is 24.3 Å². The van der Waals surface area contributed by atoms with Gasteiger partial charge in [-0.15, -0.1) is 11.3 Å². The number of amides is 1. The number of nitrogens with one attached hydrogen (secondary N) is 1. The van der Waals surface area contributed by atoms with E-state index in [-0.39, 0.29) is 23.5 Å². The van der Waals surface area contributed by atoms with E-state index in [2.05, 4.69) is 10.3 Å². The predicted molar refractivity (Wildman–Crippen MR) is 93.4 cm³/mol. The molecule has 1 N–H and O–H groups in total. The first-order valence-electron chi connectivity index (χ1n) is 7.51. The van der Waals surface area contributed by atoms with Gasteiger partial charge in [0.05, 0.1) is 24.3 Å². The van der Waals surface area contributed by atoms with Crippen molar-refractivity contribution in [3.63, 3.8) is 0 Å². The van der Waals surface area contributed by atoms with Crippen molar-refractivity contribution in [2.75, 3.05) is 18.6 Å². The number of nitrogens with zero attached hydrogens (tertiary/aromatic N) is 1. The zero-order chi connectivity index (χ0) is 17.3. The minimum absolute atomic E-state index is 0.0158. The lowest BCUT2D eigenvalue weighted by Gasteiger charge is -2.09. The van der Waals surface area contributed by atoms with Crippen molar-refractivity contribution >= 4 is 27.1 Å². The Morgan fingerprint density at radius 2 is 2.04 bits per heavy atom. The predicted octanol–water partition coefficient (Wildman–Crippen LogP) is 2.04. The van der Waals surface area contributed by atoms with Gasteiger partial charge in [-0.25, -0.2) is 13.4 Å². The van der Waals surface area contributed by atoms with Crippen molar-refractivity contribution in [1.29, 1.82) is 0 Å². The van der Waals surface area contributed by atoms with Gasteiger partial charge >= 0.3 is 0 Å². The Kier molecular flexibility index (Phi) is 4.60. The summed E-state index contributed by atoms with van der Waals surface area (Å²) in [6.07, 6.45) is 0.470. The quantitative estimate of drug-likeness (QED) is 0.895. The maximum atomic E-state index is 12.4. The average molecular weight is 366 g/mol. The van der Waals surface area contributed by atoms with Crippen molar-refractivity contribution in [2.45, 2.75) is 19.4 Å². The molecule has 0 aliphatic carbocycles. The molecule has 8 heteroatoms. The Labute approximate surface area is 144 Å². The molecule has 128 valence electrons. The van der Waals surface area contributed by atoms with Crippen LogP contribution in [0.4, 0.5) is 0 Å². The van der Waals surface area contributed by atoms with E-state index in [1.165, 1.54) is 11.3 Å². The molecule has 1 aliphatic heterocycles. The van der Waals surface area contributed by atoms with Gasteiger partial charge in [-0.05, 0) is 37.6 Å². The fourth-order valence-corrected chi connectivity index (χ4v) is 5.27. The standard InChI is InChI=1S/C16H18N2O4S2/c1-10-14(15(19)18-12-7-8-24(20,21)9-12)23-16(17-10)11-3-5-13(22-2)6-4-11/h3-6,12H,7-9H2,1-2H3,(H,18,19). The number of benzene rings is 1. The lowest BCUT2D eigenvalue weighted by atomic mass is 10.2. The molecular formula is C16H18N2O4S2. The first-order valence-corrected chi connectivity index (χ1v) is 10.1. The summed E-state index contributed by atoms with van der Waals surface area (Å²) in [4.78, 5) is 17.4. The topological polar surface area (TPSA) is 85.4 Å². The molecule has 2 aromatic rings. The summed E-state index contributed by atoms with van der Waals surface area (Å²) in [7, 11) is -1.41. The summed E-state index contributed by atoms with van der Waals surface area (Å²) in [6, 6.07) is 7.16. The first-order chi connectivity index (χ1) is 11.4. The van der Waals surface area contributed by atoms with Crippen LogP contribution in [0.5, 0.6) is 5.75 Å². The maximum absolute atomic E-state index is 12.4. The second kappa shape index (κ2) is 6.52. The number of aromatic nitrogens is 1. The van der Waals surface area contributed by atoms with Gasteiger partial charge in [0.2, 0.25) is 0 Å². The molecule has 1 saturated heterocycles. The molecule has 1 aromatic carbocycles. The monoisotopic (exact) mass is 366 g/mol. The van der Waals surface area contributed by atoms with E-state index in [9.17, 15) is 13.2 Å². The minimum Gasteiger partial charge on any atom is -0.497 e. The molecule has 0 saturated carbocycles. The number of hydrogen-bond acceptors (Lipinski definition) is 6. The van der Waals surface area contributed by atoms with Crippen molar-refractivity contribution in [3.05, 3.63) is 34.8 Å². The Bertz CT molecular complexity index is 857. The van der Waals surface area contributed by atoms with Crippen molar-refractivity contribution < 1.29 is 17.9 Å². The highest BCUT2D eigenvalue weighted by Crippen LogP contribution is 2.29. The van der Waals surface area contributed by atoms with Crippen LogP contribution in [0, 0.1) is 6.92 Å². The van der Waals surface area contributed by atoms with Gasteiger partial charge in [-0.3, -0.25) is 4.79 Å². The number of carbonyl (C=O) groups is 1. The van der Waals surface area contributed by atoms with Crippen molar-refractivity contribution in [2.24, 2.45) is 0 Å². The molecular weight excluding hydrogens is 348 g/mol. The number of carbonyl (C=O) groups excluding carboxylic acids is 1. The molecule has 1 unspecified atom stereocenters. The number of rotatable bonds is 4. The molecule has 2 heterocycles. The maximum Gasteiger partial charge on any atom is 0.263 e. The van der Waals surface area contributed by atoms with Crippen LogP contribution in [-0.2, 0) is 9.84 Å². The lowest BCUT2D eigenvalue weighted by Crippen LogP contribution is -2.35. The second-order valence-electron chi connectivity index (χ2n) is 5.74. The number of methoxy groups -OCH3 is 1. The summed E-state index contributed by atoms with van der Waals surface area (Å²) < 4.78 is 28.1. The third kappa shape index (κ3) is 3.59. The fraction of sp³-hybridized carbons (Fsp3) is 0.375. The van der Waals surface area contributed by atoms with E-state index < -0.39 is 9.84 Å². The summed E-state index contributed by atoms with van der Waals surface area (Å²) >= 11 is 1.30. The molecule has 0 spiro atoms. The van der Waals surface area contributed by atoms with Gasteiger partial charge in [0.15, 0.2) is 9.84 Å². The number of aryl methyl sites for hydroxylation is 1. The summed E-state index contributed by atoms with van der Waals surface area (Å²) in [5, 5.41) is 3.56. The van der Waals surface area contributed by atoms with Crippen LogP contribution >= 0.6 is 11.3 Å². The largest absolute Gasteiger partial charge is 0.497 e. The molecule has 1 atom stereocenters. The van der Waals surface area contributed by atoms with Gasteiger partial charge in [0.25, 0.3) is 5.91 Å². The van der Waals surface area contributed by atoms with Crippen molar-refractivity contribution in [3.8, 4) is 16.3 Å². The van der Waals surface area contributed by atoms with Gasteiger partial charge in [-0.1, -0.05) is 0 Å². The van der Waals surface area contributed by atoms with Crippen molar-refractivity contribution in [1.82, 2.24) is 10.3 Å². The summed E-state index contributed by atoms with van der Waals surface area (Å²) in [5.41, 5.74) is 1.55. The van der Waals surface area contributed by atoms with E-state index in [0.29, 0.717) is 17.0 Å². The summed E-state index contributed by atoms with van der Waals surface area (Å²) in [6.45, 7) is 1.78. The zero-order valence-electron chi connectivity index (χ0n) is 13.4. The van der Waals surface area contributed by atoms with Gasteiger partial charge in [0, 0.05) is 11.6 Å². The van der Waals surface area contributed by atoms with E-state index in [1.54, 1.807) is 14.0 Å². The van der Waals surface area contributed by atoms with Crippen LogP contribution in [0.15, 0.2) is 24.3 Å². The third-order valence-electron chi connectivity index (χ3n) is 3.91. The average Bonchev–Trinajstić information content (AvgIpc) is 3.10. The molecule has 0 radical (unpaired) electrons. The van der Waals surface area contributed by atoms with Gasteiger partial charge in [-0.2, -0.15) is 0 Å². The normalized spacial score (nSPS) is 19.2. The number of thiazole rings is 1. The second-order valence-corrected chi connectivity index (χ2v) is 8.96. The SMILES string of the molecule is COc1ccc(-c2nc(C)c(C(=O)NC3CCS(=O)(=O)C3)s2)cc1. The van der Waals surface area contributed by atoms with Crippen LogP contribution in [0.3, 0.4) is 0 Å². The fourth-order valence-electron chi connectivity index (χ4n) is 2.62. The van der Waals surface area contributed by atoms with E-state index in [4.69, 9.17) is 4.74 Å². The van der Waals surface area contributed by atoms with Crippen LogP contribution in [-0.4, -0.2) is 44.0 Å².